The van der Waals surface area contributed by atoms with Crippen LogP contribution in [-0.2, 0) is 0 Å². The number of benzene rings is 1. The van der Waals surface area contributed by atoms with Crippen LogP contribution in [-0.4, -0.2) is 30.9 Å². The summed E-state index contributed by atoms with van der Waals surface area (Å²) in [5.41, 5.74) is 0.907. The summed E-state index contributed by atoms with van der Waals surface area (Å²) in [4.78, 5) is 11.4. The molecule has 0 unspecified atom stereocenters. The van der Waals surface area contributed by atoms with Crippen LogP contribution in [0.4, 0.5) is 0 Å². The molecular formula is C10H5BrN4O2S. The number of carboxylic acid groups (broad SMARTS) is 1. The average Bonchev–Trinajstić information content (AvgIpc) is 2.88. The van der Waals surface area contributed by atoms with Crippen molar-refractivity contribution in [2.75, 3.05) is 0 Å². The van der Waals surface area contributed by atoms with Crippen LogP contribution in [0.25, 0.3) is 15.5 Å². The molecule has 0 bridgehead atoms. The van der Waals surface area contributed by atoms with Crippen LogP contribution in [0.15, 0.2) is 28.7 Å². The number of hydrogen-bond donors (Lipinski definition) is 1. The lowest BCUT2D eigenvalue weighted by molar-refractivity contribution is 0.0680. The zero-order chi connectivity index (χ0) is 12.7. The second-order valence-electron chi connectivity index (χ2n) is 3.44. The third-order valence-electron chi connectivity index (χ3n) is 2.27. The monoisotopic (exact) mass is 324 g/mol. The molecule has 2 aromatic heterocycles. The molecular weight excluding hydrogens is 320 g/mol. The van der Waals surface area contributed by atoms with Crippen LogP contribution in [0.5, 0.6) is 0 Å². The number of hydrogen-bond acceptors (Lipinski definition) is 5. The highest BCUT2D eigenvalue weighted by molar-refractivity contribution is 9.10. The topological polar surface area (TPSA) is 80.4 Å². The van der Waals surface area contributed by atoms with Crippen LogP contribution >= 0.6 is 27.3 Å². The number of carbonyl (C=O) groups is 1. The summed E-state index contributed by atoms with van der Waals surface area (Å²) >= 11 is 4.65. The van der Waals surface area contributed by atoms with Gasteiger partial charge in [0, 0.05) is 10.0 Å². The van der Waals surface area contributed by atoms with Gasteiger partial charge in [-0.2, -0.15) is 9.61 Å². The van der Waals surface area contributed by atoms with Gasteiger partial charge in [0.15, 0.2) is 0 Å². The maximum Gasteiger partial charge on any atom is 0.375 e. The SMILES string of the molecule is O=C(O)c1nnc2sc(-c3ccc(Br)cc3)nn12. The van der Waals surface area contributed by atoms with E-state index in [4.69, 9.17) is 5.11 Å². The fourth-order valence-electron chi connectivity index (χ4n) is 1.46. The third-order valence-corrected chi connectivity index (χ3v) is 3.75. The van der Waals surface area contributed by atoms with Gasteiger partial charge >= 0.3 is 5.97 Å². The summed E-state index contributed by atoms with van der Waals surface area (Å²) in [6.45, 7) is 0. The van der Waals surface area contributed by atoms with Crippen molar-refractivity contribution in [3.63, 3.8) is 0 Å². The molecule has 0 aliphatic rings. The Bertz CT molecular complexity index is 734. The predicted molar refractivity (Wildman–Crippen MR) is 68.8 cm³/mol. The normalized spacial score (nSPS) is 10.9. The summed E-state index contributed by atoms with van der Waals surface area (Å²) in [5.74, 6) is -1.32. The van der Waals surface area contributed by atoms with Crippen molar-refractivity contribution in [3.05, 3.63) is 34.6 Å². The predicted octanol–water partition coefficient (Wildman–Crippen LogP) is 2.31. The number of aromatic nitrogens is 4. The van der Waals surface area contributed by atoms with Gasteiger partial charge in [-0.15, -0.1) is 10.2 Å². The van der Waals surface area contributed by atoms with E-state index in [1.807, 2.05) is 24.3 Å². The largest absolute Gasteiger partial charge is 0.475 e. The van der Waals surface area contributed by atoms with E-state index < -0.39 is 5.97 Å². The van der Waals surface area contributed by atoms with Crippen molar-refractivity contribution < 1.29 is 9.90 Å². The number of carboxylic acids is 1. The number of fused-ring (bicyclic) bond motifs is 1. The molecule has 0 aliphatic carbocycles. The molecule has 0 atom stereocenters. The van der Waals surface area contributed by atoms with Gasteiger partial charge in [0.2, 0.25) is 4.96 Å². The van der Waals surface area contributed by atoms with Crippen LogP contribution < -0.4 is 0 Å². The number of halogens is 1. The smallest absolute Gasteiger partial charge is 0.375 e. The van der Waals surface area contributed by atoms with E-state index in [0.29, 0.717) is 9.97 Å². The maximum atomic E-state index is 10.9. The highest BCUT2D eigenvalue weighted by Crippen LogP contribution is 2.26. The van der Waals surface area contributed by atoms with Gasteiger partial charge in [-0.05, 0) is 12.1 Å². The van der Waals surface area contributed by atoms with E-state index in [-0.39, 0.29) is 5.82 Å². The molecule has 0 spiro atoms. The standard InChI is InChI=1S/C10H5BrN4O2S/c11-6-3-1-5(2-4-6)8-14-15-7(9(16)17)12-13-10(15)18-8/h1-4H,(H,16,17). The molecule has 1 aromatic carbocycles. The van der Waals surface area contributed by atoms with Crippen LogP contribution in [0.2, 0.25) is 0 Å². The van der Waals surface area contributed by atoms with Gasteiger partial charge in [-0.25, -0.2) is 4.79 Å². The fourth-order valence-corrected chi connectivity index (χ4v) is 2.57. The van der Waals surface area contributed by atoms with E-state index in [2.05, 4.69) is 31.2 Å². The maximum absolute atomic E-state index is 10.9. The van der Waals surface area contributed by atoms with E-state index in [1.165, 1.54) is 15.9 Å². The summed E-state index contributed by atoms with van der Waals surface area (Å²) < 4.78 is 2.21. The summed E-state index contributed by atoms with van der Waals surface area (Å²) in [6.07, 6.45) is 0. The Balaban J connectivity index is 2.13. The second-order valence-corrected chi connectivity index (χ2v) is 5.31. The first-order chi connectivity index (χ1) is 8.65. The first kappa shape index (κ1) is 11.3. The van der Waals surface area contributed by atoms with Crippen molar-refractivity contribution >= 4 is 38.2 Å². The molecule has 0 radical (unpaired) electrons. The van der Waals surface area contributed by atoms with Crippen molar-refractivity contribution in [1.82, 2.24) is 19.8 Å². The van der Waals surface area contributed by atoms with E-state index in [9.17, 15) is 4.79 Å². The average molecular weight is 325 g/mol. The van der Waals surface area contributed by atoms with Gasteiger partial charge in [-0.1, -0.05) is 39.4 Å². The third kappa shape index (κ3) is 1.79. The quantitative estimate of drug-likeness (QED) is 0.782. The lowest BCUT2D eigenvalue weighted by Crippen LogP contribution is -2.04. The Morgan fingerprint density at radius 2 is 2.00 bits per heavy atom. The highest BCUT2D eigenvalue weighted by Gasteiger charge is 2.17. The molecule has 8 heteroatoms. The van der Waals surface area contributed by atoms with Crippen LogP contribution in [0, 0.1) is 0 Å². The van der Waals surface area contributed by atoms with E-state index in [0.717, 1.165) is 10.0 Å². The summed E-state index contributed by atoms with van der Waals surface area (Å²) in [6, 6.07) is 7.60. The molecule has 3 aromatic rings. The van der Waals surface area contributed by atoms with Crippen molar-refractivity contribution in [3.8, 4) is 10.6 Å². The van der Waals surface area contributed by atoms with Gasteiger partial charge in [0.05, 0.1) is 0 Å². The van der Waals surface area contributed by atoms with Crippen molar-refractivity contribution in [2.24, 2.45) is 0 Å². The zero-order valence-corrected chi connectivity index (χ0v) is 11.1. The number of aromatic carboxylic acids is 1. The van der Waals surface area contributed by atoms with Crippen molar-refractivity contribution in [2.45, 2.75) is 0 Å². The van der Waals surface area contributed by atoms with Crippen molar-refractivity contribution in [1.29, 1.82) is 0 Å². The van der Waals surface area contributed by atoms with E-state index in [1.54, 1.807) is 0 Å². The fraction of sp³-hybridized carbons (Fsp3) is 0. The minimum Gasteiger partial charge on any atom is -0.475 e. The molecule has 0 saturated heterocycles. The lowest BCUT2D eigenvalue weighted by atomic mass is 10.2. The molecule has 18 heavy (non-hydrogen) atoms. The summed E-state index contributed by atoms with van der Waals surface area (Å²) in [5, 5.41) is 21.2. The van der Waals surface area contributed by atoms with Gasteiger partial charge in [0.25, 0.3) is 5.82 Å². The van der Waals surface area contributed by atoms with Gasteiger partial charge in [-0.3, -0.25) is 0 Å². The minimum absolute atomic E-state index is 0.176. The highest BCUT2D eigenvalue weighted by atomic mass is 79.9. The minimum atomic E-state index is -1.14. The van der Waals surface area contributed by atoms with Crippen LogP contribution in [0.1, 0.15) is 10.6 Å². The first-order valence-corrected chi connectivity index (χ1v) is 6.47. The molecule has 1 N–H and O–H groups in total. The summed E-state index contributed by atoms with van der Waals surface area (Å²) in [7, 11) is 0. The van der Waals surface area contributed by atoms with E-state index >= 15 is 0 Å². The van der Waals surface area contributed by atoms with Crippen LogP contribution in [0.3, 0.4) is 0 Å². The first-order valence-electron chi connectivity index (χ1n) is 4.86. The molecule has 6 nitrogen and oxygen atoms in total. The second kappa shape index (κ2) is 4.14. The Kier molecular flexibility index (Phi) is 2.60. The number of rotatable bonds is 2. The zero-order valence-electron chi connectivity index (χ0n) is 8.74. The van der Waals surface area contributed by atoms with Gasteiger partial charge in [0.1, 0.15) is 5.01 Å². The van der Waals surface area contributed by atoms with Gasteiger partial charge < -0.3 is 5.11 Å². The molecule has 0 amide bonds. The molecule has 0 fully saturated rings. The Morgan fingerprint density at radius 3 is 2.67 bits per heavy atom. The molecule has 3 rings (SSSR count). The molecule has 2 heterocycles. The Morgan fingerprint density at radius 1 is 1.28 bits per heavy atom. The Hall–Kier alpha value is -1.80. The number of nitrogens with zero attached hydrogens (tertiary/aromatic N) is 4. The molecule has 90 valence electrons. The molecule has 0 aliphatic heterocycles. The Labute approximate surface area is 113 Å². The molecule has 0 saturated carbocycles. The lowest BCUT2D eigenvalue weighted by Gasteiger charge is -1.94.